The van der Waals surface area contributed by atoms with Crippen molar-refractivity contribution >= 4 is 0 Å². The summed E-state index contributed by atoms with van der Waals surface area (Å²) >= 11 is 0. The Hall–Kier alpha value is -1.84. The first-order valence-electron chi connectivity index (χ1n) is 5.80. The van der Waals surface area contributed by atoms with Gasteiger partial charge in [0.1, 0.15) is 0 Å². The number of nitriles is 2. The first-order valence-corrected chi connectivity index (χ1v) is 5.80. The van der Waals surface area contributed by atoms with Gasteiger partial charge in [-0.1, -0.05) is 13.0 Å². The largest absolute Gasteiger partial charge is 0.298 e. The van der Waals surface area contributed by atoms with Crippen molar-refractivity contribution in [2.24, 2.45) is 0 Å². The Morgan fingerprint density at radius 2 is 2.06 bits per heavy atom. The second kappa shape index (κ2) is 6.68. The zero-order valence-corrected chi connectivity index (χ0v) is 10.4. The van der Waals surface area contributed by atoms with Gasteiger partial charge in [0, 0.05) is 19.5 Å². The molecule has 0 bridgehead atoms. The van der Waals surface area contributed by atoms with Crippen molar-refractivity contribution in [3.8, 4) is 12.1 Å². The number of benzene rings is 1. The highest BCUT2D eigenvalue weighted by molar-refractivity contribution is 5.37. The maximum absolute atomic E-state index is 8.80. The van der Waals surface area contributed by atoms with Crippen LogP contribution in [0.4, 0.5) is 0 Å². The molecule has 1 rings (SSSR count). The topological polar surface area (TPSA) is 50.8 Å². The lowest BCUT2D eigenvalue weighted by molar-refractivity contribution is 0.286. The number of nitrogens with zero attached hydrogens (tertiary/aromatic N) is 3. The van der Waals surface area contributed by atoms with Crippen LogP contribution in [0.15, 0.2) is 18.2 Å². The van der Waals surface area contributed by atoms with Crippen LogP contribution >= 0.6 is 0 Å². The molecule has 0 spiro atoms. The molecule has 0 aliphatic heterocycles. The van der Waals surface area contributed by atoms with Gasteiger partial charge in [-0.3, -0.25) is 4.90 Å². The van der Waals surface area contributed by atoms with E-state index in [0.717, 1.165) is 25.2 Å². The van der Waals surface area contributed by atoms with Crippen molar-refractivity contribution in [3.63, 3.8) is 0 Å². The molecule has 0 atom stereocenters. The van der Waals surface area contributed by atoms with Gasteiger partial charge in [-0.15, -0.1) is 0 Å². The molecular formula is C14H17N3. The first-order chi connectivity index (χ1) is 8.21. The number of hydrogen-bond acceptors (Lipinski definition) is 3. The Morgan fingerprint density at radius 3 is 2.59 bits per heavy atom. The van der Waals surface area contributed by atoms with E-state index in [-0.39, 0.29) is 0 Å². The Balaban J connectivity index is 2.74. The fourth-order valence-corrected chi connectivity index (χ4v) is 1.74. The molecule has 3 heteroatoms. The lowest BCUT2D eigenvalue weighted by atomic mass is 10.1. The third-order valence-electron chi connectivity index (χ3n) is 2.85. The van der Waals surface area contributed by atoms with E-state index in [4.69, 9.17) is 10.5 Å². The number of rotatable bonds is 5. The lowest BCUT2D eigenvalue weighted by Crippen LogP contribution is -2.24. The molecule has 1 aromatic carbocycles. The maximum atomic E-state index is 8.80. The third kappa shape index (κ3) is 3.90. The van der Waals surface area contributed by atoms with E-state index in [0.29, 0.717) is 12.0 Å². The summed E-state index contributed by atoms with van der Waals surface area (Å²) in [5.41, 5.74) is 3.06. The molecule has 0 radical (unpaired) electrons. The molecule has 0 heterocycles. The summed E-state index contributed by atoms with van der Waals surface area (Å²) in [6, 6.07) is 10.1. The van der Waals surface area contributed by atoms with Crippen molar-refractivity contribution in [2.45, 2.75) is 26.8 Å². The van der Waals surface area contributed by atoms with Crippen molar-refractivity contribution in [3.05, 3.63) is 34.9 Å². The quantitative estimate of drug-likeness (QED) is 0.777. The Kier molecular flexibility index (Phi) is 5.20. The lowest BCUT2D eigenvalue weighted by Gasteiger charge is -2.20. The van der Waals surface area contributed by atoms with Gasteiger partial charge in [-0.05, 0) is 36.7 Å². The molecule has 3 nitrogen and oxygen atoms in total. The van der Waals surface area contributed by atoms with Gasteiger partial charge in [0.15, 0.2) is 0 Å². The van der Waals surface area contributed by atoms with Gasteiger partial charge in [0.2, 0.25) is 0 Å². The molecule has 17 heavy (non-hydrogen) atoms. The van der Waals surface area contributed by atoms with E-state index >= 15 is 0 Å². The predicted octanol–water partition coefficient (Wildman–Crippen LogP) is 2.60. The average molecular weight is 227 g/mol. The van der Waals surface area contributed by atoms with Crippen LogP contribution < -0.4 is 0 Å². The Morgan fingerprint density at radius 1 is 1.29 bits per heavy atom. The molecular weight excluding hydrogens is 210 g/mol. The fraction of sp³-hybridized carbons (Fsp3) is 0.429. The smallest absolute Gasteiger partial charge is 0.0991 e. The van der Waals surface area contributed by atoms with Crippen LogP contribution in [0, 0.1) is 29.6 Å². The van der Waals surface area contributed by atoms with Crippen LogP contribution in [0.3, 0.4) is 0 Å². The van der Waals surface area contributed by atoms with Crippen molar-refractivity contribution in [1.82, 2.24) is 4.90 Å². The highest BCUT2D eigenvalue weighted by Gasteiger charge is 2.06. The van der Waals surface area contributed by atoms with Crippen LogP contribution in [0.5, 0.6) is 0 Å². The second-order valence-electron chi connectivity index (χ2n) is 4.03. The second-order valence-corrected chi connectivity index (χ2v) is 4.03. The molecule has 0 N–H and O–H groups in total. The normalized spacial score (nSPS) is 9.94. The first kappa shape index (κ1) is 13.2. The summed E-state index contributed by atoms with van der Waals surface area (Å²) in [5, 5.41) is 17.4. The highest BCUT2D eigenvalue weighted by Crippen LogP contribution is 2.13. The maximum Gasteiger partial charge on any atom is 0.0991 e. The van der Waals surface area contributed by atoms with Gasteiger partial charge in [-0.2, -0.15) is 10.5 Å². The van der Waals surface area contributed by atoms with Gasteiger partial charge >= 0.3 is 0 Å². The summed E-state index contributed by atoms with van der Waals surface area (Å²) in [5.74, 6) is 0. The molecule has 0 aromatic heterocycles. The molecule has 0 amide bonds. The van der Waals surface area contributed by atoms with E-state index in [1.165, 1.54) is 5.56 Å². The van der Waals surface area contributed by atoms with Gasteiger partial charge in [-0.25, -0.2) is 0 Å². The molecule has 0 saturated carbocycles. The molecule has 0 unspecified atom stereocenters. The molecule has 0 fully saturated rings. The third-order valence-corrected chi connectivity index (χ3v) is 2.85. The van der Waals surface area contributed by atoms with Crippen LogP contribution in [-0.4, -0.2) is 18.0 Å². The van der Waals surface area contributed by atoms with E-state index < -0.39 is 0 Å². The number of hydrogen-bond donors (Lipinski definition) is 0. The molecule has 0 aliphatic rings. The predicted molar refractivity (Wildman–Crippen MR) is 67.1 cm³/mol. The van der Waals surface area contributed by atoms with Gasteiger partial charge in [0.05, 0.1) is 17.7 Å². The summed E-state index contributed by atoms with van der Waals surface area (Å²) in [6.45, 7) is 6.69. The fourth-order valence-electron chi connectivity index (χ4n) is 1.74. The van der Waals surface area contributed by atoms with Crippen LogP contribution in [0.2, 0.25) is 0 Å². The minimum atomic E-state index is 0.559. The monoisotopic (exact) mass is 227 g/mol. The SMILES string of the molecule is CCN(CCC#N)Cc1ccc(C#N)cc1C. The summed E-state index contributed by atoms with van der Waals surface area (Å²) < 4.78 is 0. The molecule has 0 saturated heterocycles. The highest BCUT2D eigenvalue weighted by atomic mass is 15.1. The molecule has 0 aliphatic carbocycles. The Bertz CT molecular complexity index is 452. The molecule has 1 aromatic rings. The van der Waals surface area contributed by atoms with Gasteiger partial charge in [0.25, 0.3) is 0 Å². The number of aryl methyl sites for hydroxylation is 1. The van der Waals surface area contributed by atoms with E-state index in [1.54, 1.807) is 0 Å². The molecule has 88 valence electrons. The standard InChI is InChI=1S/C14H17N3/c1-3-17(8-4-7-15)11-14-6-5-13(10-16)9-12(14)2/h5-6,9H,3-4,8,11H2,1-2H3. The zero-order valence-electron chi connectivity index (χ0n) is 10.4. The van der Waals surface area contributed by atoms with Gasteiger partial charge < -0.3 is 0 Å². The summed E-state index contributed by atoms with van der Waals surface area (Å²) in [4.78, 5) is 2.23. The average Bonchev–Trinajstić information content (AvgIpc) is 2.36. The summed E-state index contributed by atoms with van der Waals surface area (Å²) in [6.07, 6.45) is 0.559. The zero-order chi connectivity index (χ0) is 12.7. The van der Waals surface area contributed by atoms with E-state index in [1.807, 2.05) is 25.1 Å². The van der Waals surface area contributed by atoms with E-state index in [9.17, 15) is 0 Å². The van der Waals surface area contributed by atoms with Crippen molar-refractivity contribution < 1.29 is 0 Å². The van der Waals surface area contributed by atoms with Crippen molar-refractivity contribution in [1.29, 1.82) is 10.5 Å². The summed E-state index contributed by atoms with van der Waals surface area (Å²) in [7, 11) is 0. The van der Waals surface area contributed by atoms with Crippen molar-refractivity contribution in [2.75, 3.05) is 13.1 Å². The van der Waals surface area contributed by atoms with Crippen LogP contribution in [0.1, 0.15) is 30.0 Å². The minimum absolute atomic E-state index is 0.559. The Labute approximate surface area is 103 Å². The van der Waals surface area contributed by atoms with Crippen LogP contribution in [0.25, 0.3) is 0 Å². The van der Waals surface area contributed by atoms with E-state index in [2.05, 4.69) is 24.0 Å². The van der Waals surface area contributed by atoms with Crippen LogP contribution in [-0.2, 0) is 6.54 Å². The minimum Gasteiger partial charge on any atom is -0.298 e.